The number of nitrogens with zero attached hydrogens (tertiary/aromatic N) is 3. The van der Waals surface area contributed by atoms with Crippen molar-refractivity contribution in [3.8, 4) is 0 Å². The van der Waals surface area contributed by atoms with E-state index in [2.05, 4.69) is 41.1 Å². The summed E-state index contributed by atoms with van der Waals surface area (Å²) >= 11 is 1.87. The summed E-state index contributed by atoms with van der Waals surface area (Å²) in [7, 11) is 2.29. The van der Waals surface area contributed by atoms with Crippen molar-refractivity contribution in [2.75, 3.05) is 18.9 Å². The van der Waals surface area contributed by atoms with Crippen molar-refractivity contribution >= 4 is 27.4 Å². The molecule has 0 bridgehead atoms. The lowest BCUT2D eigenvalue weighted by molar-refractivity contribution is 0.170. The van der Waals surface area contributed by atoms with Crippen LogP contribution in [0, 0.1) is 5.92 Å². The van der Waals surface area contributed by atoms with Crippen LogP contribution in [0.4, 0.5) is 5.82 Å². The molecule has 4 nitrogen and oxygen atoms in total. The first-order valence-electron chi connectivity index (χ1n) is 9.84. The first kappa shape index (κ1) is 17.2. The maximum atomic E-state index is 4.62. The highest BCUT2D eigenvalue weighted by Crippen LogP contribution is 2.39. The van der Waals surface area contributed by atoms with Gasteiger partial charge in [-0.15, -0.1) is 11.3 Å². The van der Waals surface area contributed by atoms with Crippen LogP contribution in [-0.2, 0) is 12.8 Å². The van der Waals surface area contributed by atoms with E-state index in [4.69, 9.17) is 0 Å². The van der Waals surface area contributed by atoms with Crippen LogP contribution in [0.25, 0.3) is 10.2 Å². The fourth-order valence-corrected chi connectivity index (χ4v) is 5.85. The summed E-state index contributed by atoms with van der Waals surface area (Å²) in [4.78, 5) is 14.4. The highest BCUT2D eigenvalue weighted by atomic mass is 32.1. The van der Waals surface area contributed by atoms with E-state index in [0.717, 1.165) is 17.8 Å². The molecule has 0 saturated heterocycles. The predicted octanol–water partition coefficient (Wildman–Crippen LogP) is 4.49. The number of rotatable bonds is 5. The highest BCUT2D eigenvalue weighted by molar-refractivity contribution is 7.19. The molecule has 0 radical (unpaired) electrons. The molecule has 1 N–H and O–H groups in total. The molecule has 1 fully saturated rings. The van der Waals surface area contributed by atoms with E-state index < -0.39 is 0 Å². The van der Waals surface area contributed by atoms with E-state index in [1.54, 1.807) is 6.33 Å². The minimum absolute atomic E-state index is 0.554. The summed E-state index contributed by atoms with van der Waals surface area (Å²) < 4.78 is 0. The standard InChI is InChI=1S/C20H30N4S/c1-13(2)11-24(3)15-9-7-14(8-10-15)23-19-18-16-5-4-6-17(16)25-20(18)22-12-21-19/h12-15H,4-11H2,1-3H3,(H,21,22,23). The van der Waals surface area contributed by atoms with Crippen molar-refractivity contribution in [3.63, 3.8) is 0 Å². The lowest BCUT2D eigenvalue weighted by Gasteiger charge is -2.36. The van der Waals surface area contributed by atoms with Gasteiger partial charge < -0.3 is 10.2 Å². The zero-order chi connectivity index (χ0) is 17.4. The van der Waals surface area contributed by atoms with Gasteiger partial charge in [0.1, 0.15) is 17.0 Å². The van der Waals surface area contributed by atoms with Crippen molar-refractivity contribution in [2.45, 2.75) is 70.9 Å². The van der Waals surface area contributed by atoms with Gasteiger partial charge in [0, 0.05) is 23.5 Å². The van der Waals surface area contributed by atoms with Gasteiger partial charge in [0.15, 0.2) is 0 Å². The second kappa shape index (κ2) is 7.20. The number of fused-ring (bicyclic) bond motifs is 3. The molecule has 5 heteroatoms. The zero-order valence-electron chi connectivity index (χ0n) is 15.7. The maximum absolute atomic E-state index is 4.62. The third-order valence-corrected chi connectivity index (χ3v) is 7.02. The summed E-state index contributed by atoms with van der Waals surface area (Å²) in [6.45, 7) is 5.82. The molecule has 0 aliphatic heterocycles. The summed E-state index contributed by atoms with van der Waals surface area (Å²) in [5, 5.41) is 5.10. The molecule has 0 amide bonds. The number of hydrogen-bond donors (Lipinski definition) is 1. The Labute approximate surface area is 155 Å². The minimum atomic E-state index is 0.554. The number of anilines is 1. The summed E-state index contributed by atoms with van der Waals surface area (Å²) in [6, 6.07) is 1.30. The van der Waals surface area contributed by atoms with Crippen LogP contribution in [0.15, 0.2) is 6.33 Å². The van der Waals surface area contributed by atoms with E-state index in [1.807, 2.05) is 11.3 Å². The summed E-state index contributed by atoms with van der Waals surface area (Å²) in [5.74, 6) is 1.83. The summed E-state index contributed by atoms with van der Waals surface area (Å²) in [5.41, 5.74) is 1.52. The van der Waals surface area contributed by atoms with Crippen LogP contribution in [-0.4, -0.2) is 40.5 Å². The van der Waals surface area contributed by atoms with Gasteiger partial charge in [-0.25, -0.2) is 9.97 Å². The number of aromatic nitrogens is 2. The van der Waals surface area contributed by atoms with Gasteiger partial charge in [0.25, 0.3) is 0 Å². The van der Waals surface area contributed by atoms with Gasteiger partial charge in [-0.05, 0) is 63.5 Å². The van der Waals surface area contributed by atoms with Crippen molar-refractivity contribution in [2.24, 2.45) is 5.92 Å². The Bertz CT molecular complexity index is 731. The predicted molar refractivity (Wildman–Crippen MR) is 107 cm³/mol. The Hall–Kier alpha value is -1.20. The Kier molecular flexibility index (Phi) is 4.96. The monoisotopic (exact) mass is 358 g/mol. The Morgan fingerprint density at radius 3 is 2.76 bits per heavy atom. The molecule has 4 rings (SSSR count). The molecule has 0 atom stereocenters. The molecule has 0 unspecified atom stereocenters. The van der Waals surface area contributed by atoms with E-state index >= 15 is 0 Å². The molecule has 0 aromatic carbocycles. The van der Waals surface area contributed by atoms with Gasteiger partial charge in [-0.3, -0.25) is 0 Å². The first-order valence-corrected chi connectivity index (χ1v) is 10.7. The van der Waals surface area contributed by atoms with Crippen LogP contribution < -0.4 is 5.32 Å². The molecular formula is C20H30N4S. The molecule has 2 aromatic rings. The Balaban J connectivity index is 1.43. The average molecular weight is 359 g/mol. The lowest BCUT2D eigenvalue weighted by Crippen LogP contribution is -2.40. The highest BCUT2D eigenvalue weighted by Gasteiger charge is 2.26. The Morgan fingerprint density at radius 2 is 2.00 bits per heavy atom. The third kappa shape index (κ3) is 3.54. The average Bonchev–Trinajstić information content (AvgIpc) is 3.16. The molecule has 0 spiro atoms. The van der Waals surface area contributed by atoms with Gasteiger partial charge in [-0.1, -0.05) is 13.8 Å². The minimum Gasteiger partial charge on any atom is -0.367 e. The SMILES string of the molecule is CC(C)CN(C)C1CCC(Nc2ncnc3sc4c(c23)CCC4)CC1. The topological polar surface area (TPSA) is 41.0 Å². The van der Waals surface area contributed by atoms with Crippen molar-refractivity contribution in [1.29, 1.82) is 0 Å². The smallest absolute Gasteiger partial charge is 0.138 e. The third-order valence-electron chi connectivity index (χ3n) is 5.82. The van der Waals surface area contributed by atoms with Crippen LogP contribution in [0.1, 0.15) is 56.4 Å². The van der Waals surface area contributed by atoms with Gasteiger partial charge in [0.2, 0.25) is 0 Å². The van der Waals surface area contributed by atoms with Crippen LogP contribution >= 0.6 is 11.3 Å². The fourth-order valence-electron chi connectivity index (χ4n) is 4.62. The molecule has 2 heterocycles. The molecule has 2 aliphatic carbocycles. The van der Waals surface area contributed by atoms with E-state index in [1.165, 1.54) is 72.1 Å². The van der Waals surface area contributed by atoms with Crippen molar-refractivity contribution in [1.82, 2.24) is 14.9 Å². The Morgan fingerprint density at radius 1 is 1.20 bits per heavy atom. The van der Waals surface area contributed by atoms with Crippen molar-refractivity contribution < 1.29 is 0 Å². The number of nitrogens with one attached hydrogen (secondary N) is 1. The first-order chi connectivity index (χ1) is 12.1. The van der Waals surface area contributed by atoms with Crippen LogP contribution in [0.2, 0.25) is 0 Å². The van der Waals surface area contributed by atoms with Crippen LogP contribution in [0.3, 0.4) is 0 Å². The van der Waals surface area contributed by atoms with Crippen molar-refractivity contribution in [3.05, 3.63) is 16.8 Å². The largest absolute Gasteiger partial charge is 0.367 e. The van der Waals surface area contributed by atoms with E-state index in [0.29, 0.717) is 6.04 Å². The number of aryl methyl sites for hydroxylation is 2. The van der Waals surface area contributed by atoms with E-state index in [9.17, 15) is 0 Å². The normalized spacial score (nSPS) is 23.6. The molecule has 2 aromatic heterocycles. The van der Waals surface area contributed by atoms with E-state index in [-0.39, 0.29) is 0 Å². The molecule has 1 saturated carbocycles. The number of thiophene rings is 1. The fraction of sp³-hybridized carbons (Fsp3) is 0.700. The van der Waals surface area contributed by atoms with Crippen LogP contribution in [0.5, 0.6) is 0 Å². The maximum Gasteiger partial charge on any atom is 0.138 e. The van der Waals surface area contributed by atoms with Gasteiger partial charge >= 0.3 is 0 Å². The molecule has 2 aliphatic rings. The lowest BCUT2D eigenvalue weighted by atomic mass is 9.90. The zero-order valence-corrected chi connectivity index (χ0v) is 16.5. The summed E-state index contributed by atoms with van der Waals surface area (Å²) in [6.07, 6.45) is 10.5. The molecule has 136 valence electrons. The second-order valence-electron chi connectivity index (χ2n) is 8.24. The van der Waals surface area contributed by atoms with Gasteiger partial charge in [-0.2, -0.15) is 0 Å². The number of hydrogen-bond acceptors (Lipinski definition) is 5. The quantitative estimate of drug-likeness (QED) is 0.855. The molecular weight excluding hydrogens is 328 g/mol. The van der Waals surface area contributed by atoms with Gasteiger partial charge in [0.05, 0.1) is 5.39 Å². The second-order valence-corrected chi connectivity index (χ2v) is 9.33. The molecule has 25 heavy (non-hydrogen) atoms.